The van der Waals surface area contributed by atoms with Gasteiger partial charge in [-0.15, -0.1) is 0 Å². The first-order valence-electron chi connectivity index (χ1n) is 6.49. The summed E-state index contributed by atoms with van der Waals surface area (Å²) >= 11 is 2.14. The van der Waals surface area contributed by atoms with Crippen molar-refractivity contribution >= 4 is 34.2 Å². The standard InChI is InChI=1S/C14H15F3INO/c15-14(16,17)10-6-4-9(5-7-10)13(20)19-12-3-1-2-11(18)8-12/h1-3,8-10H,4-7H2,(H,19,20). The number of halogens is 4. The molecule has 1 aromatic rings. The van der Waals surface area contributed by atoms with Gasteiger partial charge in [0.2, 0.25) is 5.91 Å². The van der Waals surface area contributed by atoms with Crippen molar-refractivity contribution in [1.82, 2.24) is 0 Å². The second kappa shape index (κ2) is 6.32. The van der Waals surface area contributed by atoms with Crippen LogP contribution in [-0.4, -0.2) is 12.1 Å². The molecule has 0 spiro atoms. The molecule has 1 saturated carbocycles. The van der Waals surface area contributed by atoms with Gasteiger partial charge in [-0.05, 0) is 66.5 Å². The van der Waals surface area contributed by atoms with Gasteiger partial charge >= 0.3 is 6.18 Å². The molecule has 1 amide bonds. The molecule has 2 nitrogen and oxygen atoms in total. The molecule has 0 aromatic heterocycles. The molecule has 1 N–H and O–H groups in total. The summed E-state index contributed by atoms with van der Waals surface area (Å²) in [5.74, 6) is -1.73. The highest BCUT2D eigenvalue weighted by Crippen LogP contribution is 2.39. The van der Waals surface area contributed by atoms with Crippen molar-refractivity contribution in [2.45, 2.75) is 31.9 Å². The molecule has 0 saturated heterocycles. The average molecular weight is 397 g/mol. The second-order valence-corrected chi connectivity index (χ2v) is 6.34. The van der Waals surface area contributed by atoms with Gasteiger partial charge in [0, 0.05) is 15.2 Å². The Balaban J connectivity index is 1.89. The van der Waals surface area contributed by atoms with Crippen LogP contribution in [0.4, 0.5) is 18.9 Å². The summed E-state index contributed by atoms with van der Waals surface area (Å²) in [6, 6.07) is 7.35. The fraction of sp³-hybridized carbons (Fsp3) is 0.500. The lowest BCUT2D eigenvalue weighted by molar-refractivity contribution is -0.184. The predicted octanol–water partition coefficient (Wildman–Crippen LogP) is 4.60. The second-order valence-electron chi connectivity index (χ2n) is 5.09. The molecule has 0 atom stereocenters. The summed E-state index contributed by atoms with van der Waals surface area (Å²) in [7, 11) is 0. The first-order valence-corrected chi connectivity index (χ1v) is 7.57. The lowest BCUT2D eigenvalue weighted by Gasteiger charge is -2.29. The van der Waals surface area contributed by atoms with Crippen LogP contribution >= 0.6 is 22.6 Å². The van der Waals surface area contributed by atoms with Crippen molar-refractivity contribution in [3.05, 3.63) is 27.8 Å². The molecule has 1 aliphatic carbocycles. The number of anilines is 1. The molecule has 2 rings (SSSR count). The first kappa shape index (κ1) is 15.6. The van der Waals surface area contributed by atoms with Gasteiger partial charge in [0.15, 0.2) is 0 Å². The Labute approximate surface area is 129 Å². The van der Waals surface area contributed by atoms with Gasteiger partial charge in [-0.3, -0.25) is 4.79 Å². The Morgan fingerprint density at radius 1 is 1.20 bits per heavy atom. The quantitative estimate of drug-likeness (QED) is 0.727. The smallest absolute Gasteiger partial charge is 0.326 e. The van der Waals surface area contributed by atoms with E-state index in [9.17, 15) is 18.0 Å². The van der Waals surface area contributed by atoms with Crippen LogP contribution in [0.5, 0.6) is 0 Å². The lowest BCUT2D eigenvalue weighted by Crippen LogP contribution is -2.32. The molecular formula is C14H15F3INO. The van der Waals surface area contributed by atoms with E-state index in [2.05, 4.69) is 27.9 Å². The number of hydrogen-bond donors (Lipinski definition) is 1. The summed E-state index contributed by atoms with van der Waals surface area (Å²) in [4.78, 5) is 12.0. The highest BCUT2D eigenvalue weighted by atomic mass is 127. The minimum absolute atomic E-state index is 0.0495. The molecule has 1 aliphatic rings. The molecule has 1 aromatic carbocycles. The molecule has 0 heterocycles. The maximum atomic E-state index is 12.6. The van der Waals surface area contributed by atoms with Crippen LogP contribution in [0.2, 0.25) is 0 Å². The maximum absolute atomic E-state index is 12.6. The van der Waals surface area contributed by atoms with E-state index in [1.54, 1.807) is 6.07 Å². The van der Waals surface area contributed by atoms with Crippen LogP contribution in [0, 0.1) is 15.4 Å². The van der Waals surface area contributed by atoms with E-state index in [1.165, 1.54) is 0 Å². The van der Waals surface area contributed by atoms with Gasteiger partial charge < -0.3 is 5.32 Å². The summed E-state index contributed by atoms with van der Waals surface area (Å²) in [6.07, 6.45) is -3.42. The maximum Gasteiger partial charge on any atom is 0.391 e. The fourth-order valence-electron chi connectivity index (χ4n) is 2.49. The van der Waals surface area contributed by atoms with E-state index in [1.807, 2.05) is 18.2 Å². The molecule has 0 radical (unpaired) electrons. The third-order valence-electron chi connectivity index (χ3n) is 3.65. The van der Waals surface area contributed by atoms with Crippen LogP contribution < -0.4 is 5.32 Å². The zero-order chi connectivity index (χ0) is 14.8. The SMILES string of the molecule is O=C(Nc1cccc(I)c1)C1CCC(C(F)(F)F)CC1. The molecule has 110 valence electrons. The molecule has 6 heteroatoms. The van der Waals surface area contributed by atoms with E-state index in [0.717, 1.165) is 3.57 Å². The lowest BCUT2D eigenvalue weighted by atomic mass is 9.81. The van der Waals surface area contributed by atoms with E-state index in [4.69, 9.17) is 0 Å². The zero-order valence-corrected chi connectivity index (χ0v) is 12.9. The van der Waals surface area contributed by atoms with Gasteiger partial charge in [-0.25, -0.2) is 0 Å². The van der Waals surface area contributed by atoms with Gasteiger partial charge in [0.25, 0.3) is 0 Å². The number of nitrogens with one attached hydrogen (secondary N) is 1. The van der Waals surface area contributed by atoms with Crippen molar-refractivity contribution in [1.29, 1.82) is 0 Å². The normalized spacial score (nSPS) is 23.4. The van der Waals surface area contributed by atoms with E-state index in [0.29, 0.717) is 18.5 Å². The molecule has 0 bridgehead atoms. The Hall–Kier alpha value is -0.790. The monoisotopic (exact) mass is 397 g/mol. The van der Waals surface area contributed by atoms with Crippen molar-refractivity contribution in [3.8, 4) is 0 Å². The summed E-state index contributed by atoms with van der Waals surface area (Å²) in [5.41, 5.74) is 0.694. The van der Waals surface area contributed by atoms with Gasteiger partial charge in [-0.1, -0.05) is 6.07 Å². The van der Waals surface area contributed by atoms with Gasteiger partial charge in [0.05, 0.1) is 5.92 Å². The number of hydrogen-bond acceptors (Lipinski definition) is 1. The first-order chi connectivity index (χ1) is 9.36. The van der Waals surface area contributed by atoms with Crippen LogP contribution in [0.3, 0.4) is 0 Å². The molecular weight excluding hydrogens is 382 g/mol. The Bertz CT molecular complexity index is 482. The Morgan fingerprint density at radius 3 is 2.40 bits per heavy atom. The van der Waals surface area contributed by atoms with Crippen molar-refractivity contribution in [3.63, 3.8) is 0 Å². The van der Waals surface area contributed by atoms with Crippen molar-refractivity contribution in [2.75, 3.05) is 5.32 Å². The van der Waals surface area contributed by atoms with E-state index < -0.39 is 12.1 Å². The van der Waals surface area contributed by atoms with E-state index >= 15 is 0 Å². The van der Waals surface area contributed by atoms with E-state index in [-0.39, 0.29) is 24.7 Å². The average Bonchev–Trinajstić information content (AvgIpc) is 2.38. The minimum atomic E-state index is -4.13. The Morgan fingerprint density at radius 2 is 1.85 bits per heavy atom. The predicted molar refractivity (Wildman–Crippen MR) is 79.3 cm³/mol. The number of amides is 1. The van der Waals surface area contributed by atoms with Gasteiger partial charge in [0.1, 0.15) is 0 Å². The summed E-state index contributed by atoms with van der Waals surface area (Å²) in [6.45, 7) is 0. The number of alkyl halides is 3. The molecule has 20 heavy (non-hydrogen) atoms. The summed E-state index contributed by atoms with van der Waals surface area (Å²) < 4.78 is 38.7. The molecule has 0 aliphatic heterocycles. The van der Waals surface area contributed by atoms with Crippen LogP contribution in [-0.2, 0) is 4.79 Å². The van der Waals surface area contributed by atoms with Crippen LogP contribution in [0.1, 0.15) is 25.7 Å². The van der Waals surface area contributed by atoms with Crippen LogP contribution in [0.15, 0.2) is 24.3 Å². The third kappa shape index (κ3) is 4.10. The van der Waals surface area contributed by atoms with Crippen LogP contribution in [0.25, 0.3) is 0 Å². The highest BCUT2D eigenvalue weighted by molar-refractivity contribution is 14.1. The largest absolute Gasteiger partial charge is 0.391 e. The fourth-order valence-corrected chi connectivity index (χ4v) is 3.04. The molecule has 1 fully saturated rings. The highest BCUT2D eigenvalue weighted by Gasteiger charge is 2.42. The minimum Gasteiger partial charge on any atom is -0.326 e. The summed E-state index contributed by atoms with van der Waals surface area (Å²) in [5, 5.41) is 2.78. The van der Waals surface area contributed by atoms with Crippen molar-refractivity contribution in [2.24, 2.45) is 11.8 Å². The number of carbonyl (C=O) groups is 1. The van der Waals surface area contributed by atoms with Crippen molar-refractivity contribution < 1.29 is 18.0 Å². The number of rotatable bonds is 2. The number of benzene rings is 1. The third-order valence-corrected chi connectivity index (χ3v) is 4.32. The zero-order valence-electron chi connectivity index (χ0n) is 10.7. The number of carbonyl (C=O) groups excluding carboxylic acids is 1. The molecule has 0 unspecified atom stereocenters. The Kier molecular flexibility index (Phi) is 4.93. The topological polar surface area (TPSA) is 29.1 Å². The van der Waals surface area contributed by atoms with Gasteiger partial charge in [-0.2, -0.15) is 13.2 Å².